The number of nitrogens with one attached hydrogen (secondary N) is 1. The van der Waals surface area contributed by atoms with Gasteiger partial charge in [0.25, 0.3) is 5.91 Å². The van der Waals surface area contributed by atoms with Gasteiger partial charge in [-0.05, 0) is 55.8 Å². The molecule has 0 aliphatic carbocycles. The lowest BCUT2D eigenvalue weighted by molar-refractivity contribution is 0.102. The molecule has 0 aliphatic heterocycles. The zero-order valence-corrected chi connectivity index (χ0v) is 16.0. The van der Waals surface area contributed by atoms with Gasteiger partial charge in [0, 0.05) is 18.0 Å². The van der Waals surface area contributed by atoms with Crippen molar-refractivity contribution in [1.29, 1.82) is 0 Å². The number of hydrogen-bond acceptors (Lipinski definition) is 5. The maximum absolute atomic E-state index is 12.6. The molecule has 0 unspecified atom stereocenters. The van der Waals surface area contributed by atoms with Gasteiger partial charge in [-0.25, -0.2) is 9.67 Å². The van der Waals surface area contributed by atoms with E-state index >= 15 is 0 Å². The minimum absolute atomic E-state index is 0.276. The van der Waals surface area contributed by atoms with Crippen molar-refractivity contribution in [3.8, 4) is 17.3 Å². The number of aryl methyl sites for hydroxylation is 1. The molecule has 0 saturated heterocycles. The Labute approximate surface area is 168 Å². The fourth-order valence-electron chi connectivity index (χ4n) is 2.79. The van der Waals surface area contributed by atoms with E-state index in [1.165, 1.54) is 0 Å². The molecule has 4 aromatic rings. The van der Waals surface area contributed by atoms with Crippen LogP contribution >= 0.6 is 0 Å². The summed E-state index contributed by atoms with van der Waals surface area (Å²) in [5.41, 5.74) is 3.49. The monoisotopic (exact) mass is 385 g/mol. The normalized spacial score (nSPS) is 10.6. The third-order valence-corrected chi connectivity index (χ3v) is 4.33. The number of carbonyl (C=O) groups is 1. The van der Waals surface area contributed by atoms with Crippen molar-refractivity contribution in [2.75, 3.05) is 5.32 Å². The van der Waals surface area contributed by atoms with Gasteiger partial charge in [0.1, 0.15) is 5.75 Å². The third-order valence-electron chi connectivity index (χ3n) is 4.33. The molecular formula is C22H19N5O2. The van der Waals surface area contributed by atoms with Crippen LogP contribution in [-0.4, -0.2) is 25.9 Å². The Bertz CT molecular complexity index is 1120. The first-order chi connectivity index (χ1) is 14.1. The van der Waals surface area contributed by atoms with Gasteiger partial charge in [0.15, 0.2) is 5.69 Å². The second-order valence-electron chi connectivity index (χ2n) is 6.53. The number of rotatable bonds is 5. The molecule has 7 nitrogen and oxygen atoms in total. The Morgan fingerprint density at radius 3 is 2.41 bits per heavy atom. The number of nitrogens with zero attached hydrogens (tertiary/aromatic N) is 4. The lowest BCUT2D eigenvalue weighted by Gasteiger charge is -2.07. The van der Waals surface area contributed by atoms with E-state index in [1.807, 2.05) is 56.3 Å². The third kappa shape index (κ3) is 4.14. The van der Waals surface area contributed by atoms with E-state index in [9.17, 15) is 4.79 Å². The van der Waals surface area contributed by atoms with E-state index in [0.29, 0.717) is 23.0 Å². The minimum atomic E-state index is -0.321. The molecule has 2 aromatic heterocycles. The summed E-state index contributed by atoms with van der Waals surface area (Å²) in [6, 6.07) is 20.4. The number of benzene rings is 2. The molecule has 4 rings (SSSR count). The molecule has 144 valence electrons. The van der Waals surface area contributed by atoms with Crippen molar-refractivity contribution in [2.45, 2.75) is 13.8 Å². The number of amides is 1. The summed E-state index contributed by atoms with van der Waals surface area (Å²) < 4.78 is 7.34. The van der Waals surface area contributed by atoms with Crippen LogP contribution in [0.2, 0.25) is 0 Å². The standard InChI is InChI=1S/C22H19N5O2/c1-15-8-13-20(23-14-15)29-19-11-9-17(10-12-19)24-22(28)21-16(2)27(26-25-21)18-6-4-3-5-7-18/h3-14H,1-2H3,(H,24,28). The number of anilines is 1. The average Bonchev–Trinajstić information content (AvgIpc) is 3.13. The van der Waals surface area contributed by atoms with E-state index < -0.39 is 0 Å². The molecule has 0 saturated carbocycles. The Morgan fingerprint density at radius 2 is 1.72 bits per heavy atom. The fraction of sp³-hybridized carbons (Fsp3) is 0.0909. The van der Waals surface area contributed by atoms with Gasteiger partial charge >= 0.3 is 0 Å². The number of hydrogen-bond donors (Lipinski definition) is 1. The first-order valence-corrected chi connectivity index (χ1v) is 9.10. The summed E-state index contributed by atoms with van der Waals surface area (Å²) >= 11 is 0. The molecule has 0 aliphatic rings. The smallest absolute Gasteiger partial charge is 0.278 e. The summed E-state index contributed by atoms with van der Waals surface area (Å²) in [4.78, 5) is 16.8. The van der Waals surface area contributed by atoms with Gasteiger partial charge in [-0.15, -0.1) is 5.10 Å². The highest BCUT2D eigenvalue weighted by Gasteiger charge is 2.17. The van der Waals surface area contributed by atoms with Crippen molar-refractivity contribution in [2.24, 2.45) is 0 Å². The van der Waals surface area contributed by atoms with Crippen LogP contribution in [0.1, 0.15) is 21.7 Å². The number of ether oxygens (including phenoxy) is 1. The Balaban J connectivity index is 1.45. The predicted molar refractivity (Wildman–Crippen MR) is 110 cm³/mol. The predicted octanol–water partition coefficient (Wildman–Crippen LogP) is 4.32. The Kier molecular flexibility index (Phi) is 5.03. The van der Waals surface area contributed by atoms with Crippen LogP contribution in [0.5, 0.6) is 11.6 Å². The van der Waals surface area contributed by atoms with Crippen LogP contribution in [0.3, 0.4) is 0 Å². The molecular weight excluding hydrogens is 366 g/mol. The summed E-state index contributed by atoms with van der Waals surface area (Å²) in [5.74, 6) is 0.824. The molecule has 2 heterocycles. The van der Waals surface area contributed by atoms with Crippen molar-refractivity contribution in [1.82, 2.24) is 20.0 Å². The number of aromatic nitrogens is 4. The highest BCUT2D eigenvalue weighted by Crippen LogP contribution is 2.22. The minimum Gasteiger partial charge on any atom is -0.439 e. The van der Waals surface area contributed by atoms with Gasteiger partial charge in [0.05, 0.1) is 11.4 Å². The van der Waals surface area contributed by atoms with Gasteiger partial charge < -0.3 is 10.1 Å². The number of pyridine rings is 1. The maximum Gasteiger partial charge on any atom is 0.278 e. The van der Waals surface area contributed by atoms with Crippen LogP contribution in [0.15, 0.2) is 72.9 Å². The first kappa shape index (κ1) is 18.4. The molecule has 7 heteroatoms. The largest absolute Gasteiger partial charge is 0.439 e. The fourth-order valence-corrected chi connectivity index (χ4v) is 2.79. The van der Waals surface area contributed by atoms with Crippen LogP contribution in [-0.2, 0) is 0 Å². The van der Waals surface area contributed by atoms with Crippen LogP contribution < -0.4 is 10.1 Å². The maximum atomic E-state index is 12.6. The highest BCUT2D eigenvalue weighted by atomic mass is 16.5. The zero-order valence-electron chi connectivity index (χ0n) is 16.0. The molecule has 1 amide bonds. The first-order valence-electron chi connectivity index (χ1n) is 9.10. The molecule has 2 aromatic carbocycles. The van der Waals surface area contributed by atoms with Crippen LogP contribution in [0.4, 0.5) is 5.69 Å². The summed E-state index contributed by atoms with van der Waals surface area (Å²) in [6.07, 6.45) is 1.74. The summed E-state index contributed by atoms with van der Waals surface area (Å²) in [6.45, 7) is 3.78. The second-order valence-corrected chi connectivity index (χ2v) is 6.53. The van der Waals surface area contributed by atoms with Crippen molar-refractivity contribution >= 4 is 11.6 Å². The average molecular weight is 385 g/mol. The van der Waals surface area contributed by atoms with Crippen LogP contribution in [0.25, 0.3) is 5.69 Å². The summed E-state index contributed by atoms with van der Waals surface area (Å²) in [7, 11) is 0. The van der Waals surface area contributed by atoms with Gasteiger partial charge in [-0.2, -0.15) is 0 Å². The lowest BCUT2D eigenvalue weighted by atomic mass is 10.2. The molecule has 0 spiro atoms. The van der Waals surface area contributed by atoms with Crippen molar-refractivity contribution < 1.29 is 9.53 Å². The quantitative estimate of drug-likeness (QED) is 0.553. The molecule has 0 fully saturated rings. The lowest BCUT2D eigenvalue weighted by Crippen LogP contribution is -2.14. The molecule has 0 atom stereocenters. The Hall–Kier alpha value is -4.00. The topological polar surface area (TPSA) is 81.9 Å². The molecule has 29 heavy (non-hydrogen) atoms. The molecule has 0 bridgehead atoms. The SMILES string of the molecule is Cc1ccc(Oc2ccc(NC(=O)c3nnn(-c4ccccc4)c3C)cc2)nc1. The van der Waals surface area contributed by atoms with Gasteiger partial charge in [0.2, 0.25) is 5.88 Å². The zero-order chi connectivity index (χ0) is 20.2. The molecule has 0 radical (unpaired) electrons. The second kappa shape index (κ2) is 7.93. The number of para-hydroxylation sites is 1. The summed E-state index contributed by atoms with van der Waals surface area (Å²) in [5, 5.41) is 11.0. The van der Waals surface area contributed by atoms with E-state index in [2.05, 4.69) is 20.6 Å². The number of carbonyl (C=O) groups excluding carboxylic acids is 1. The van der Waals surface area contributed by atoms with E-state index in [4.69, 9.17) is 4.74 Å². The molecule has 1 N–H and O–H groups in total. The van der Waals surface area contributed by atoms with E-state index in [0.717, 1.165) is 11.3 Å². The van der Waals surface area contributed by atoms with Crippen molar-refractivity contribution in [3.05, 3.63) is 89.9 Å². The highest BCUT2D eigenvalue weighted by molar-refractivity contribution is 6.03. The Morgan fingerprint density at radius 1 is 0.966 bits per heavy atom. The van der Waals surface area contributed by atoms with E-state index in [1.54, 1.807) is 35.1 Å². The van der Waals surface area contributed by atoms with Gasteiger partial charge in [-0.3, -0.25) is 4.79 Å². The van der Waals surface area contributed by atoms with Crippen molar-refractivity contribution in [3.63, 3.8) is 0 Å². The van der Waals surface area contributed by atoms with E-state index in [-0.39, 0.29) is 11.6 Å². The van der Waals surface area contributed by atoms with Crippen LogP contribution in [0, 0.1) is 13.8 Å². The van der Waals surface area contributed by atoms with Gasteiger partial charge in [-0.1, -0.05) is 29.5 Å².